The summed E-state index contributed by atoms with van der Waals surface area (Å²) in [6.07, 6.45) is 8.86. The molecule has 1 heterocycles. The molecule has 1 aromatic heterocycles. The predicted octanol–water partition coefficient (Wildman–Crippen LogP) is 1.97. The highest BCUT2D eigenvalue weighted by Crippen LogP contribution is 2.49. The lowest BCUT2D eigenvalue weighted by Crippen LogP contribution is -2.40. The minimum absolute atomic E-state index is 0.0124. The average molecular weight is 247 g/mol. The molecule has 2 saturated carbocycles. The van der Waals surface area contributed by atoms with Crippen LogP contribution in [0.15, 0.2) is 12.4 Å². The first kappa shape index (κ1) is 11.8. The Labute approximate surface area is 108 Å². The van der Waals surface area contributed by atoms with Crippen molar-refractivity contribution >= 4 is 5.91 Å². The quantitative estimate of drug-likeness (QED) is 0.887. The number of hydrogen-bond acceptors (Lipinski definition) is 2. The number of carbonyl (C=O) groups excluding carboxylic acids is 1. The van der Waals surface area contributed by atoms with Crippen LogP contribution in [0.1, 0.15) is 43.0 Å². The molecule has 98 valence electrons. The lowest BCUT2D eigenvalue weighted by atomic mass is 9.84. The summed E-state index contributed by atoms with van der Waals surface area (Å²) in [5, 5.41) is 7.18. The van der Waals surface area contributed by atoms with Crippen LogP contribution in [0.4, 0.5) is 0 Å². The number of nitrogens with one attached hydrogen (secondary N) is 1. The maximum absolute atomic E-state index is 12.1. The summed E-state index contributed by atoms with van der Waals surface area (Å²) in [5.74, 6) is 2.47. The molecule has 4 nitrogen and oxygen atoms in total. The molecule has 2 fully saturated rings. The van der Waals surface area contributed by atoms with E-state index in [0.29, 0.717) is 11.5 Å². The van der Waals surface area contributed by atoms with Gasteiger partial charge >= 0.3 is 0 Å². The molecule has 2 bridgehead atoms. The van der Waals surface area contributed by atoms with Gasteiger partial charge in [0.25, 0.3) is 5.91 Å². The van der Waals surface area contributed by atoms with Gasteiger partial charge in [0.15, 0.2) is 0 Å². The second-order valence-electron chi connectivity index (χ2n) is 6.00. The summed E-state index contributed by atoms with van der Waals surface area (Å²) < 4.78 is 1.66. The first-order valence-electron chi connectivity index (χ1n) is 6.93. The van der Waals surface area contributed by atoms with Gasteiger partial charge in [0.2, 0.25) is 0 Å². The summed E-state index contributed by atoms with van der Waals surface area (Å²) in [6.45, 7) is 2.15. The van der Waals surface area contributed by atoms with Gasteiger partial charge in [-0.1, -0.05) is 6.42 Å². The second-order valence-corrected chi connectivity index (χ2v) is 6.00. The van der Waals surface area contributed by atoms with Crippen molar-refractivity contribution in [2.45, 2.75) is 38.6 Å². The molecular formula is C14H21N3O. The van der Waals surface area contributed by atoms with Crippen LogP contribution in [0.25, 0.3) is 0 Å². The Bertz CT molecular complexity index is 454. The largest absolute Gasteiger partial charge is 0.349 e. The van der Waals surface area contributed by atoms with Crippen LogP contribution in [0.3, 0.4) is 0 Å². The first-order valence-corrected chi connectivity index (χ1v) is 6.93. The summed E-state index contributed by atoms with van der Waals surface area (Å²) in [6, 6.07) is 0.285. The van der Waals surface area contributed by atoms with Crippen LogP contribution in [0, 0.1) is 17.8 Å². The summed E-state index contributed by atoms with van der Waals surface area (Å²) >= 11 is 0. The van der Waals surface area contributed by atoms with Gasteiger partial charge in [-0.15, -0.1) is 0 Å². The molecule has 1 N–H and O–H groups in total. The van der Waals surface area contributed by atoms with Crippen LogP contribution < -0.4 is 5.32 Å². The average Bonchev–Trinajstić information content (AvgIpc) is 3.03. The maximum atomic E-state index is 12.1. The Morgan fingerprint density at radius 1 is 1.50 bits per heavy atom. The molecule has 0 radical (unpaired) electrons. The summed E-state index contributed by atoms with van der Waals surface area (Å²) in [5.41, 5.74) is 0.660. The minimum atomic E-state index is 0.0124. The van der Waals surface area contributed by atoms with E-state index >= 15 is 0 Å². The second kappa shape index (κ2) is 4.41. The van der Waals surface area contributed by atoms with E-state index in [9.17, 15) is 4.79 Å². The fourth-order valence-electron chi connectivity index (χ4n) is 3.84. The van der Waals surface area contributed by atoms with Crippen molar-refractivity contribution in [2.75, 3.05) is 0 Å². The van der Waals surface area contributed by atoms with Crippen molar-refractivity contribution in [1.82, 2.24) is 15.1 Å². The highest BCUT2D eigenvalue weighted by atomic mass is 16.1. The molecule has 0 saturated heterocycles. The molecule has 4 atom stereocenters. The first-order chi connectivity index (χ1) is 8.63. The van der Waals surface area contributed by atoms with Crippen LogP contribution in [0.2, 0.25) is 0 Å². The van der Waals surface area contributed by atoms with Crippen molar-refractivity contribution in [3.8, 4) is 0 Å². The zero-order chi connectivity index (χ0) is 12.7. The number of hydrogen-bond donors (Lipinski definition) is 1. The van der Waals surface area contributed by atoms with Gasteiger partial charge in [0.05, 0.1) is 11.8 Å². The Morgan fingerprint density at radius 3 is 2.89 bits per heavy atom. The molecule has 0 aromatic carbocycles. The molecule has 1 amide bonds. The molecular weight excluding hydrogens is 226 g/mol. The van der Waals surface area contributed by atoms with E-state index in [1.54, 1.807) is 17.1 Å². The van der Waals surface area contributed by atoms with E-state index in [0.717, 1.165) is 11.8 Å². The molecule has 18 heavy (non-hydrogen) atoms. The molecule has 4 unspecified atom stereocenters. The zero-order valence-electron chi connectivity index (χ0n) is 11.1. The molecule has 1 aromatic rings. The van der Waals surface area contributed by atoms with Gasteiger partial charge in [0.1, 0.15) is 0 Å². The number of rotatable bonds is 3. The fourth-order valence-corrected chi connectivity index (χ4v) is 3.84. The number of aryl methyl sites for hydroxylation is 1. The van der Waals surface area contributed by atoms with Crippen LogP contribution in [-0.4, -0.2) is 21.7 Å². The normalized spacial score (nSPS) is 31.6. The smallest absolute Gasteiger partial charge is 0.254 e. The molecule has 0 spiro atoms. The third-order valence-corrected chi connectivity index (χ3v) is 4.76. The minimum Gasteiger partial charge on any atom is -0.349 e. The van der Waals surface area contributed by atoms with Gasteiger partial charge in [-0.05, 0) is 43.9 Å². The number of fused-ring (bicyclic) bond motifs is 2. The van der Waals surface area contributed by atoms with Crippen molar-refractivity contribution in [2.24, 2.45) is 24.8 Å². The predicted molar refractivity (Wildman–Crippen MR) is 69.1 cm³/mol. The van der Waals surface area contributed by atoms with Crippen LogP contribution >= 0.6 is 0 Å². The van der Waals surface area contributed by atoms with E-state index in [1.807, 2.05) is 7.05 Å². The van der Waals surface area contributed by atoms with E-state index < -0.39 is 0 Å². The van der Waals surface area contributed by atoms with Gasteiger partial charge in [-0.2, -0.15) is 5.10 Å². The zero-order valence-corrected chi connectivity index (χ0v) is 11.1. The highest BCUT2D eigenvalue weighted by Gasteiger charge is 2.42. The third kappa shape index (κ3) is 2.04. The number of carbonyl (C=O) groups is 1. The fraction of sp³-hybridized carbons (Fsp3) is 0.714. The lowest BCUT2D eigenvalue weighted by molar-refractivity contribution is 0.0915. The number of nitrogens with zero attached hydrogens (tertiary/aromatic N) is 2. The van der Waals surface area contributed by atoms with E-state index in [4.69, 9.17) is 0 Å². The Morgan fingerprint density at radius 2 is 2.33 bits per heavy atom. The SMILES string of the molecule is CC(NC(=O)c1cnn(C)c1)C1CC2CCC1C2. The van der Waals surface area contributed by atoms with Crippen LogP contribution in [0.5, 0.6) is 0 Å². The molecule has 0 aliphatic heterocycles. The van der Waals surface area contributed by atoms with Crippen molar-refractivity contribution < 1.29 is 4.79 Å². The van der Waals surface area contributed by atoms with Crippen LogP contribution in [-0.2, 0) is 7.05 Å². The lowest BCUT2D eigenvalue weighted by Gasteiger charge is -2.28. The molecule has 4 heteroatoms. The van der Waals surface area contributed by atoms with E-state index in [-0.39, 0.29) is 11.9 Å². The van der Waals surface area contributed by atoms with E-state index in [2.05, 4.69) is 17.3 Å². The molecule has 2 aliphatic rings. The molecule has 2 aliphatic carbocycles. The number of amides is 1. The summed E-state index contributed by atoms with van der Waals surface area (Å²) in [4.78, 5) is 12.1. The van der Waals surface area contributed by atoms with Gasteiger partial charge in [0, 0.05) is 19.3 Å². The maximum Gasteiger partial charge on any atom is 0.254 e. The van der Waals surface area contributed by atoms with Crippen molar-refractivity contribution in [1.29, 1.82) is 0 Å². The standard InChI is InChI=1S/C14H21N3O/c1-9(13-6-10-3-4-11(13)5-10)16-14(18)12-7-15-17(2)8-12/h7-11,13H,3-6H2,1-2H3,(H,16,18). The van der Waals surface area contributed by atoms with Gasteiger partial charge in [-0.25, -0.2) is 0 Å². The third-order valence-electron chi connectivity index (χ3n) is 4.76. The Balaban J connectivity index is 1.61. The molecule has 3 rings (SSSR count). The summed E-state index contributed by atoms with van der Waals surface area (Å²) in [7, 11) is 1.83. The number of aromatic nitrogens is 2. The topological polar surface area (TPSA) is 46.9 Å². The monoisotopic (exact) mass is 247 g/mol. The Hall–Kier alpha value is -1.32. The van der Waals surface area contributed by atoms with Crippen molar-refractivity contribution in [3.63, 3.8) is 0 Å². The van der Waals surface area contributed by atoms with Gasteiger partial charge < -0.3 is 5.32 Å². The van der Waals surface area contributed by atoms with Gasteiger partial charge in [-0.3, -0.25) is 9.48 Å². The Kier molecular flexibility index (Phi) is 2.88. The highest BCUT2D eigenvalue weighted by molar-refractivity contribution is 5.93. The van der Waals surface area contributed by atoms with E-state index in [1.165, 1.54) is 25.7 Å². The van der Waals surface area contributed by atoms with Crippen molar-refractivity contribution in [3.05, 3.63) is 18.0 Å².